The van der Waals surface area contributed by atoms with Crippen molar-refractivity contribution in [2.24, 2.45) is 0 Å². The smallest absolute Gasteiger partial charge is 0.123 e. The summed E-state index contributed by atoms with van der Waals surface area (Å²) in [6, 6.07) is 34.4. The number of para-hydroxylation sites is 2. The number of hydrogen-bond donors (Lipinski definition) is 2. The molecule has 0 spiro atoms. The second-order valence-corrected chi connectivity index (χ2v) is 5.77. The third-order valence-corrected chi connectivity index (χ3v) is 3.98. The molecule has 0 aliphatic carbocycles. The Morgan fingerprint density at radius 1 is 0.370 bits per heavy atom. The Morgan fingerprint density at radius 3 is 1.00 bits per heavy atom. The molecule has 27 heavy (non-hydrogen) atoms. The molecule has 0 aromatic heterocycles. The van der Waals surface area contributed by atoms with Crippen LogP contribution < -0.4 is 0 Å². The Labute approximate surface area is 182 Å². The van der Waals surface area contributed by atoms with Crippen molar-refractivity contribution >= 4 is 29.6 Å². The third kappa shape index (κ3) is 5.73. The van der Waals surface area contributed by atoms with Crippen LogP contribution in [0.15, 0.2) is 109 Å². The van der Waals surface area contributed by atoms with E-state index in [1.165, 1.54) is 0 Å². The minimum absolute atomic E-state index is 0. The maximum absolute atomic E-state index is 9.56. The van der Waals surface area contributed by atoms with Crippen LogP contribution in [-0.2, 0) is 0 Å². The van der Waals surface area contributed by atoms with Gasteiger partial charge in [-0.3, -0.25) is 0 Å². The standard InChI is InChI=1S/2C12H10O.Na/c2*13-12-9-5-4-8-11(12)10-6-2-1-3-7-10;/h2*1-9,13H;. The van der Waals surface area contributed by atoms with Crippen molar-refractivity contribution in [1.82, 2.24) is 0 Å². The largest absolute Gasteiger partial charge is 0.507 e. The molecular weight excluding hydrogens is 343 g/mol. The summed E-state index contributed by atoms with van der Waals surface area (Å²) in [7, 11) is 0. The average molecular weight is 363 g/mol. The summed E-state index contributed by atoms with van der Waals surface area (Å²) >= 11 is 0. The number of phenolic OH excluding ortho intramolecular Hbond substituents is 2. The summed E-state index contributed by atoms with van der Waals surface area (Å²) < 4.78 is 0. The quantitative estimate of drug-likeness (QED) is 0.446. The number of hydrogen-bond acceptors (Lipinski definition) is 2. The molecule has 0 heterocycles. The zero-order valence-corrected chi connectivity index (χ0v) is 17.3. The molecule has 3 heteroatoms. The second-order valence-electron chi connectivity index (χ2n) is 5.77. The van der Waals surface area contributed by atoms with Gasteiger partial charge in [0, 0.05) is 40.7 Å². The Hall–Kier alpha value is -2.52. The fraction of sp³-hybridized carbons (Fsp3) is 0. The topological polar surface area (TPSA) is 40.5 Å². The molecule has 0 bridgehead atoms. The number of aromatic hydroxyl groups is 2. The van der Waals surface area contributed by atoms with Crippen molar-refractivity contribution in [3.63, 3.8) is 0 Å². The van der Waals surface area contributed by atoms with Gasteiger partial charge in [0.1, 0.15) is 11.5 Å². The molecule has 4 rings (SSSR count). The van der Waals surface area contributed by atoms with Crippen LogP contribution >= 0.6 is 0 Å². The van der Waals surface area contributed by atoms with Gasteiger partial charge in [0.05, 0.1) is 0 Å². The number of benzene rings is 4. The zero-order chi connectivity index (χ0) is 18.2. The summed E-state index contributed by atoms with van der Waals surface area (Å²) in [5.41, 5.74) is 3.84. The molecule has 1 radical (unpaired) electrons. The molecule has 2 N–H and O–H groups in total. The van der Waals surface area contributed by atoms with Crippen molar-refractivity contribution in [2.75, 3.05) is 0 Å². The molecule has 2 nitrogen and oxygen atoms in total. The predicted octanol–water partition coefficient (Wildman–Crippen LogP) is 5.74. The molecule has 4 aromatic rings. The first-order valence-corrected chi connectivity index (χ1v) is 8.42. The van der Waals surface area contributed by atoms with E-state index in [4.69, 9.17) is 0 Å². The first-order chi connectivity index (χ1) is 12.8. The molecule has 0 aliphatic heterocycles. The van der Waals surface area contributed by atoms with E-state index in [0.29, 0.717) is 11.5 Å². The van der Waals surface area contributed by atoms with Gasteiger partial charge in [-0.1, -0.05) is 97.1 Å². The molecule has 0 amide bonds. The monoisotopic (exact) mass is 363 g/mol. The van der Waals surface area contributed by atoms with E-state index in [9.17, 15) is 10.2 Å². The van der Waals surface area contributed by atoms with Crippen LogP contribution in [0, 0.1) is 0 Å². The fourth-order valence-electron chi connectivity index (χ4n) is 2.67. The van der Waals surface area contributed by atoms with Gasteiger partial charge in [-0.2, -0.15) is 0 Å². The van der Waals surface area contributed by atoms with Crippen LogP contribution in [0.2, 0.25) is 0 Å². The zero-order valence-electron chi connectivity index (χ0n) is 15.3. The summed E-state index contributed by atoms with van der Waals surface area (Å²) in [6.07, 6.45) is 0. The molecule has 129 valence electrons. The second kappa shape index (κ2) is 10.6. The van der Waals surface area contributed by atoms with Gasteiger partial charge >= 0.3 is 0 Å². The normalized spacial score (nSPS) is 9.48. The van der Waals surface area contributed by atoms with Crippen molar-refractivity contribution < 1.29 is 10.2 Å². The fourth-order valence-corrected chi connectivity index (χ4v) is 2.67. The molecule has 0 saturated carbocycles. The third-order valence-electron chi connectivity index (χ3n) is 3.98. The minimum atomic E-state index is 0. The van der Waals surface area contributed by atoms with Crippen LogP contribution in [0.1, 0.15) is 0 Å². The minimum Gasteiger partial charge on any atom is -0.507 e. The average Bonchev–Trinajstić information content (AvgIpc) is 2.71. The number of rotatable bonds is 2. The van der Waals surface area contributed by atoms with Gasteiger partial charge in [-0.25, -0.2) is 0 Å². The van der Waals surface area contributed by atoms with E-state index < -0.39 is 0 Å². The molecule has 0 saturated heterocycles. The predicted molar refractivity (Wildman–Crippen MR) is 113 cm³/mol. The summed E-state index contributed by atoms with van der Waals surface area (Å²) in [4.78, 5) is 0. The van der Waals surface area contributed by atoms with Crippen LogP contribution in [0.3, 0.4) is 0 Å². The van der Waals surface area contributed by atoms with Crippen LogP contribution in [0.4, 0.5) is 0 Å². The van der Waals surface area contributed by atoms with Crippen molar-refractivity contribution in [3.8, 4) is 33.8 Å². The van der Waals surface area contributed by atoms with Crippen molar-refractivity contribution in [1.29, 1.82) is 0 Å². The first-order valence-electron chi connectivity index (χ1n) is 8.42. The van der Waals surface area contributed by atoms with Crippen LogP contribution in [0.5, 0.6) is 11.5 Å². The van der Waals surface area contributed by atoms with Gasteiger partial charge in [0.25, 0.3) is 0 Å². The maximum atomic E-state index is 9.56. The molecule has 0 fully saturated rings. The Kier molecular flexibility index (Phi) is 8.15. The van der Waals surface area contributed by atoms with E-state index >= 15 is 0 Å². The number of phenols is 2. The molecule has 0 unspecified atom stereocenters. The molecule has 4 aromatic carbocycles. The van der Waals surface area contributed by atoms with E-state index in [-0.39, 0.29) is 29.6 Å². The van der Waals surface area contributed by atoms with E-state index in [1.54, 1.807) is 12.1 Å². The van der Waals surface area contributed by atoms with Gasteiger partial charge in [-0.05, 0) is 23.3 Å². The van der Waals surface area contributed by atoms with Crippen LogP contribution in [0.25, 0.3) is 22.3 Å². The Balaban J connectivity index is 0.000000187. The van der Waals surface area contributed by atoms with Gasteiger partial charge < -0.3 is 10.2 Å². The first kappa shape index (κ1) is 20.8. The maximum Gasteiger partial charge on any atom is 0.123 e. The van der Waals surface area contributed by atoms with Crippen molar-refractivity contribution in [2.45, 2.75) is 0 Å². The van der Waals surface area contributed by atoms with E-state index in [2.05, 4.69) is 0 Å². The summed E-state index contributed by atoms with van der Waals surface area (Å²) in [5, 5.41) is 19.1. The molecule has 0 aliphatic rings. The van der Waals surface area contributed by atoms with Gasteiger partial charge in [0.2, 0.25) is 0 Å². The molecular formula is C24H20NaO2. The van der Waals surface area contributed by atoms with E-state index in [0.717, 1.165) is 22.3 Å². The Morgan fingerprint density at radius 2 is 0.667 bits per heavy atom. The van der Waals surface area contributed by atoms with Gasteiger partial charge in [0.15, 0.2) is 0 Å². The van der Waals surface area contributed by atoms with Crippen LogP contribution in [-0.4, -0.2) is 39.8 Å². The Bertz CT molecular complexity index is 873. The summed E-state index contributed by atoms with van der Waals surface area (Å²) in [5.74, 6) is 0.655. The van der Waals surface area contributed by atoms with E-state index in [1.807, 2.05) is 97.1 Å². The van der Waals surface area contributed by atoms with Crippen molar-refractivity contribution in [3.05, 3.63) is 109 Å². The summed E-state index contributed by atoms with van der Waals surface area (Å²) in [6.45, 7) is 0. The molecule has 0 atom stereocenters. The van der Waals surface area contributed by atoms with Gasteiger partial charge in [-0.15, -0.1) is 0 Å². The SMILES string of the molecule is Oc1ccccc1-c1ccccc1.Oc1ccccc1-c1ccccc1.[Na].